The number of amidine groups is 1. The van der Waals surface area contributed by atoms with E-state index in [0.717, 1.165) is 0 Å². The second-order valence-electron chi connectivity index (χ2n) is 4.37. The molecule has 2 aliphatic heterocycles. The molecule has 0 aromatic heterocycles. The Morgan fingerprint density at radius 3 is 2.84 bits per heavy atom. The zero-order chi connectivity index (χ0) is 14.2. The average molecular weight is 356 g/mol. The SMILES string of the molecule is N/C(Br)=N\C(=S)N[C@H]1[C@H]2OC[C@](CO)(O2)[C@H](O)[C@@H]1O. The Balaban J connectivity index is 2.12. The molecule has 0 unspecified atom stereocenters. The van der Waals surface area contributed by atoms with Crippen molar-refractivity contribution >= 4 is 38.0 Å². The Labute approximate surface area is 122 Å². The van der Waals surface area contributed by atoms with Gasteiger partial charge in [0.05, 0.1) is 13.2 Å². The van der Waals surface area contributed by atoms with Crippen LogP contribution in [0.15, 0.2) is 4.99 Å². The molecular formula is C9H14BrN3O5S. The largest absolute Gasteiger partial charge is 0.393 e. The fourth-order valence-electron chi connectivity index (χ4n) is 2.12. The maximum Gasteiger partial charge on any atom is 0.195 e. The van der Waals surface area contributed by atoms with Crippen LogP contribution in [0.4, 0.5) is 0 Å². The summed E-state index contributed by atoms with van der Waals surface area (Å²) >= 11 is 7.83. The smallest absolute Gasteiger partial charge is 0.195 e. The van der Waals surface area contributed by atoms with Crippen LogP contribution in [-0.2, 0) is 9.47 Å². The molecule has 0 spiro atoms. The van der Waals surface area contributed by atoms with Gasteiger partial charge in [-0.2, -0.15) is 4.99 Å². The van der Waals surface area contributed by atoms with E-state index in [1.165, 1.54) is 0 Å². The number of fused-ring (bicyclic) bond motifs is 2. The maximum atomic E-state index is 10.1. The van der Waals surface area contributed by atoms with E-state index < -0.39 is 36.7 Å². The minimum Gasteiger partial charge on any atom is -0.393 e. The molecule has 0 aromatic rings. The number of ether oxygens (including phenoxy) is 2. The quantitative estimate of drug-likeness (QED) is 0.163. The van der Waals surface area contributed by atoms with Gasteiger partial charge in [-0.25, -0.2) is 0 Å². The molecule has 6 N–H and O–H groups in total. The van der Waals surface area contributed by atoms with Crippen LogP contribution in [0.3, 0.4) is 0 Å². The second kappa shape index (κ2) is 5.56. The van der Waals surface area contributed by atoms with Crippen molar-refractivity contribution in [2.24, 2.45) is 10.7 Å². The van der Waals surface area contributed by atoms with Crippen molar-refractivity contribution in [2.45, 2.75) is 30.1 Å². The van der Waals surface area contributed by atoms with Gasteiger partial charge >= 0.3 is 0 Å². The number of nitrogens with one attached hydrogen (secondary N) is 1. The number of aliphatic hydroxyl groups excluding tert-OH is 3. The zero-order valence-corrected chi connectivity index (χ0v) is 12.1. The maximum absolute atomic E-state index is 10.1. The van der Waals surface area contributed by atoms with E-state index in [2.05, 4.69) is 26.2 Å². The van der Waals surface area contributed by atoms with Gasteiger partial charge in [0, 0.05) is 0 Å². The molecule has 0 saturated carbocycles. The molecule has 108 valence electrons. The Bertz CT molecular complexity index is 407. The van der Waals surface area contributed by atoms with E-state index >= 15 is 0 Å². The molecule has 5 atom stereocenters. The lowest BCUT2D eigenvalue weighted by atomic mass is 9.88. The minimum absolute atomic E-state index is 0.0127. The van der Waals surface area contributed by atoms with Gasteiger partial charge in [0.1, 0.15) is 23.9 Å². The number of aliphatic hydroxyl groups is 3. The minimum atomic E-state index is -1.30. The van der Waals surface area contributed by atoms with Crippen LogP contribution in [-0.4, -0.2) is 68.5 Å². The first-order valence-electron chi connectivity index (χ1n) is 5.46. The molecule has 8 nitrogen and oxygen atoms in total. The third-order valence-corrected chi connectivity index (χ3v) is 3.52. The molecule has 10 heteroatoms. The molecule has 2 aliphatic rings. The van der Waals surface area contributed by atoms with Crippen molar-refractivity contribution in [3.63, 3.8) is 0 Å². The van der Waals surface area contributed by atoms with Crippen molar-refractivity contribution in [3.8, 4) is 0 Å². The highest BCUT2D eigenvalue weighted by atomic mass is 79.9. The fraction of sp³-hybridized carbons (Fsp3) is 0.778. The van der Waals surface area contributed by atoms with E-state index in [9.17, 15) is 15.3 Å². The lowest BCUT2D eigenvalue weighted by molar-refractivity contribution is -0.231. The summed E-state index contributed by atoms with van der Waals surface area (Å²) in [5.41, 5.74) is 4.02. The Morgan fingerprint density at radius 1 is 1.58 bits per heavy atom. The number of thiocarbonyl (C=S) groups is 1. The molecular weight excluding hydrogens is 342 g/mol. The lowest BCUT2D eigenvalue weighted by Gasteiger charge is -2.42. The second-order valence-corrected chi connectivity index (χ2v) is 5.56. The first-order valence-corrected chi connectivity index (χ1v) is 6.66. The number of nitrogens with zero attached hydrogens (tertiary/aromatic N) is 1. The molecule has 0 aliphatic carbocycles. The highest BCUT2D eigenvalue weighted by Crippen LogP contribution is 2.36. The van der Waals surface area contributed by atoms with E-state index in [1.807, 2.05) is 0 Å². The first kappa shape index (κ1) is 15.0. The summed E-state index contributed by atoms with van der Waals surface area (Å²) in [6.45, 7) is -0.466. The van der Waals surface area contributed by atoms with Crippen molar-refractivity contribution in [3.05, 3.63) is 0 Å². The standard InChI is InChI=1S/C9H14BrN3O5S/c10-7(11)13-8(19)12-3-4(15)5(16)9(1-14)2-17-6(3)18-9/h3-6,14-16H,1-2H2,(H3,11,12,13,19)/t3-,4-,5-,6+,9+/m1/s1. The summed E-state index contributed by atoms with van der Waals surface area (Å²) in [5.74, 6) is 0. The van der Waals surface area contributed by atoms with Gasteiger partial charge in [0.2, 0.25) is 0 Å². The Hall–Kier alpha value is -0.360. The number of hydrogen-bond donors (Lipinski definition) is 5. The summed E-state index contributed by atoms with van der Waals surface area (Å²) in [6, 6.07) is -0.805. The predicted molar refractivity (Wildman–Crippen MR) is 72.7 cm³/mol. The highest BCUT2D eigenvalue weighted by molar-refractivity contribution is 9.18. The van der Waals surface area contributed by atoms with Crippen LogP contribution in [0.5, 0.6) is 0 Å². The number of rotatable bonds is 2. The Kier molecular flexibility index (Phi) is 4.40. The topological polar surface area (TPSA) is 130 Å². The van der Waals surface area contributed by atoms with Crippen molar-refractivity contribution in [1.29, 1.82) is 0 Å². The molecule has 2 bridgehead atoms. The van der Waals surface area contributed by atoms with Crippen LogP contribution in [0.2, 0.25) is 0 Å². The third-order valence-electron chi connectivity index (χ3n) is 3.13. The van der Waals surface area contributed by atoms with Crippen LogP contribution < -0.4 is 11.1 Å². The van der Waals surface area contributed by atoms with Gasteiger partial charge in [-0.1, -0.05) is 0 Å². The number of aliphatic imine (C=N–C) groups is 1. The van der Waals surface area contributed by atoms with Crippen LogP contribution in [0.25, 0.3) is 0 Å². The van der Waals surface area contributed by atoms with Gasteiger partial charge < -0.3 is 35.8 Å². The number of halogens is 1. The molecule has 0 aromatic carbocycles. The lowest BCUT2D eigenvalue weighted by Crippen LogP contribution is -2.66. The normalized spacial score (nSPS) is 42.2. The average Bonchev–Trinajstić information content (AvgIpc) is 2.74. The van der Waals surface area contributed by atoms with Crippen molar-refractivity contribution in [1.82, 2.24) is 5.32 Å². The third kappa shape index (κ3) is 2.75. The Morgan fingerprint density at radius 2 is 2.26 bits per heavy atom. The van der Waals surface area contributed by atoms with E-state index in [1.54, 1.807) is 0 Å². The van der Waals surface area contributed by atoms with Crippen LogP contribution in [0.1, 0.15) is 0 Å². The van der Waals surface area contributed by atoms with Gasteiger partial charge in [0.15, 0.2) is 16.1 Å². The summed E-state index contributed by atoms with van der Waals surface area (Å²) < 4.78 is 10.8. The molecule has 2 rings (SSSR count). The zero-order valence-electron chi connectivity index (χ0n) is 9.69. The van der Waals surface area contributed by atoms with Gasteiger partial charge in [-0.15, -0.1) is 0 Å². The fourth-order valence-corrected chi connectivity index (χ4v) is 2.65. The van der Waals surface area contributed by atoms with E-state index in [-0.39, 0.29) is 16.5 Å². The number of hydrogen-bond acceptors (Lipinski definition) is 6. The predicted octanol–water partition coefficient (Wildman–Crippen LogP) is -2.22. The molecule has 0 amide bonds. The highest BCUT2D eigenvalue weighted by Gasteiger charge is 2.59. The summed E-state index contributed by atoms with van der Waals surface area (Å²) in [4.78, 5) is 3.73. The van der Waals surface area contributed by atoms with Crippen molar-refractivity contribution in [2.75, 3.05) is 13.2 Å². The first-order chi connectivity index (χ1) is 8.89. The molecule has 0 radical (unpaired) electrons. The van der Waals surface area contributed by atoms with Gasteiger partial charge in [-0.05, 0) is 28.1 Å². The summed E-state index contributed by atoms with van der Waals surface area (Å²) in [6.07, 6.45) is -3.37. The van der Waals surface area contributed by atoms with Gasteiger partial charge in [-0.3, -0.25) is 0 Å². The molecule has 2 heterocycles. The molecule has 19 heavy (non-hydrogen) atoms. The molecule has 2 saturated heterocycles. The summed E-state index contributed by atoms with van der Waals surface area (Å²) in [5, 5.41) is 32.1. The van der Waals surface area contributed by atoms with Crippen molar-refractivity contribution < 1.29 is 24.8 Å². The van der Waals surface area contributed by atoms with E-state index in [4.69, 9.17) is 27.4 Å². The summed E-state index contributed by atoms with van der Waals surface area (Å²) in [7, 11) is 0. The van der Waals surface area contributed by atoms with E-state index in [0.29, 0.717) is 0 Å². The molecule has 2 fully saturated rings. The van der Waals surface area contributed by atoms with Gasteiger partial charge in [0.25, 0.3) is 0 Å². The van der Waals surface area contributed by atoms with Crippen LogP contribution in [0, 0.1) is 0 Å². The number of nitrogens with two attached hydrogens (primary N) is 1. The van der Waals surface area contributed by atoms with Crippen LogP contribution >= 0.6 is 28.1 Å². The monoisotopic (exact) mass is 355 g/mol.